The van der Waals surface area contributed by atoms with Gasteiger partial charge in [0.2, 0.25) is 0 Å². The Labute approximate surface area is 75.7 Å². The van der Waals surface area contributed by atoms with E-state index in [1.165, 1.54) is 0 Å². The summed E-state index contributed by atoms with van der Waals surface area (Å²) in [6.07, 6.45) is -4.95. The van der Waals surface area contributed by atoms with Crippen molar-refractivity contribution in [2.45, 2.75) is 6.36 Å². The zero-order chi connectivity index (χ0) is 10.9. The van der Waals surface area contributed by atoms with Crippen LogP contribution in [0.15, 0.2) is 12.1 Å². The van der Waals surface area contributed by atoms with Crippen LogP contribution in [0.3, 0.4) is 0 Å². The molecule has 7 heteroatoms. The van der Waals surface area contributed by atoms with E-state index in [0.29, 0.717) is 6.07 Å². The Morgan fingerprint density at radius 2 is 1.86 bits per heavy atom. The molecule has 3 nitrogen and oxygen atoms in total. The predicted molar refractivity (Wildman–Crippen MR) is 39.2 cm³/mol. The fourth-order valence-electron chi connectivity index (χ4n) is 0.777. The molecule has 0 aliphatic heterocycles. The standard InChI is InChI=1S/C7H5F4NO2/c8-5-3(13)1-2-4(6(5)12)14-7(9,10)11/h1-2,13H,12H2. The van der Waals surface area contributed by atoms with E-state index in [9.17, 15) is 17.6 Å². The molecule has 0 radical (unpaired) electrons. The molecule has 14 heavy (non-hydrogen) atoms. The Balaban J connectivity index is 3.06. The van der Waals surface area contributed by atoms with Crippen molar-refractivity contribution in [1.29, 1.82) is 0 Å². The molecule has 0 saturated carbocycles. The van der Waals surface area contributed by atoms with Crippen LogP contribution in [0.25, 0.3) is 0 Å². The summed E-state index contributed by atoms with van der Waals surface area (Å²) in [5.74, 6) is -3.06. The van der Waals surface area contributed by atoms with Crippen molar-refractivity contribution in [2.24, 2.45) is 0 Å². The van der Waals surface area contributed by atoms with E-state index in [4.69, 9.17) is 10.8 Å². The molecule has 1 aromatic carbocycles. The lowest BCUT2D eigenvalue weighted by Crippen LogP contribution is -2.18. The number of aromatic hydroxyl groups is 1. The number of hydrogen-bond donors (Lipinski definition) is 2. The first kappa shape index (κ1) is 10.4. The molecule has 0 aliphatic carbocycles. The maximum Gasteiger partial charge on any atom is 0.573 e. The number of benzene rings is 1. The van der Waals surface area contributed by atoms with Gasteiger partial charge in [0.1, 0.15) is 5.69 Å². The molecule has 0 heterocycles. The summed E-state index contributed by atoms with van der Waals surface area (Å²) < 4.78 is 51.2. The Kier molecular flexibility index (Phi) is 2.41. The summed E-state index contributed by atoms with van der Waals surface area (Å²) in [6, 6.07) is 1.44. The third-order valence-electron chi connectivity index (χ3n) is 1.35. The number of alkyl halides is 3. The quantitative estimate of drug-likeness (QED) is 0.551. The Morgan fingerprint density at radius 1 is 1.29 bits per heavy atom. The highest BCUT2D eigenvalue weighted by Crippen LogP contribution is 2.33. The van der Waals surface area contributed by atoms with Crippen molar-refractivity contribution in [3.63, 3.8) is 0 Å². The Morgan fingerprint density at radius 3 is 2.36 bits per heavy atom. The van der Waals surface area contributed by atoms with Gasteiger partial charge in [-0.25, -0.2) is 4.39 Å². The lowest BCUT2D eigenvalue weighted by Gasteiger charge is -2.11. The van der Waals surface area contributed by atoms with Crippen LogP contribution in [0, 0.1) is 5.82 Å². The van der Waals surface area contributed by atoms with Crippen molar-refractivity contribution in [3.05, 3.63) is 17.9 Å². The Bertz CT molecular complexity index is 350. The van der Waals surface area contributed by atoms with Crippen molar-refractivity contribution in [1.82, 2.24) is 0 Å². The van der Waals surface area contributed by atoms with Gasteiger partial charge in [0.25, 0.3) is 0 Å². The van der Waals surface area contributed by atoms with Gasteiger partial charge in [0, 0.05) is 0 Å². The Hall–Kier alpha value is -1.66. The van der Waals surface area contributed by atoms with Gasteiger partial charge in [-0.2, -0.15) is 0 Å². The second kappa shape index (κ2) is 3.24. The second-order valence-corrected chi connectivity index (χ2v) is 2.36. The average molecular weight is 211 g/mol. The number of nitrogens with two attached hydrogens (primary N) is 1. The number of hydrogen-bond acceptors (Lipinski definition) is 3. The van der Waals surface area contributed by atoms with Crippen LogP contribution in [-0.2, 0) is 0 Å². The minimum atomic E-state index is -4.95. The number of phenolic OH excluding ortho intramolecular Hbond substituents is 1. The molecule has 3 N–H and O–H groups in total. The molecule has 0 fully saturated rings. The lowest BCUT2D eigenvalue weighted by atomic mass is 10.2. The fourth-order valence-corrected chi connectivity index (χ4v) is 0.777. The van der Waals surface area contributed by atoms with E-state index in [1.54, 1.807) is 0 Å². The van der Waals surface area contributed by atoms with E-state index >= 15 is 0 Å². The monoisotopic (exact) mass is 211 g/mol. The largest absolute Gasteiger partial charge is 0.573 e. The molecule has 0 aliphatic rings. The SMILES string of the molecule is Nc1c(OC(F)(F)F)ccc(O)c1F. The van der Waals surface area contributed by atoms with Gasteiger partial charge < -0.3 is 15.6 Å². The van der Waals surface area contributed by atoms with Gasteiger partial charge in [0.15, 0.2) is 17.3 Å². The van der Waals surface area contributed by atoms with Crippen LogP contribution in [0.5, 0.6) is 11.5 Å². The maximum atomic E-state index is 12.7. The first-order valence-electron chi connectivity index (χ1n) is 3.34. The summed E-state index contributed by atoms with van der Waals surface area (Å²) in [6.45, 7) is 0. The van der Waals surface area contributed by atoms with Crippen molar-refractivity contribution < 1.29 is 27.4 Å². The molecule has 0 aromatic heterocycles. The zero-order valence-corrected chi connectivity index (χ0v) is 6.60. The highest BCUT2D eigenvalue weighted by Gasteiger charge is 2.32. The van der Waals surface area contributed by atoms with Crippen molar-refractivity contribution >= 4 is 5.69 Å². The molecule has 1 aromatic rings. The third-order valence-corrected chi connectivity index (χ3v) is 1.35. The number of nitrogen functional groups attached to an aromatic ring is 1. The summed E-state index contributed by atoms with van der Waals surface area (Å²) in [5, 5.41) is 8.73. The van der Waals surface area contributed by atoms with Crippen LogP contribution >= 0.6 is 0 Å². The van der Waals surface area contributed by atoms with Gasteiger partial charge in [0.05, 0.1) is 0 Å². The van der Waals surface area contributed by atoms with E-state index in [2.05, 4.69) is 4.74 Å². The van der Waals surface area contributed by atoms with Gasteiger partial charge in [-0.05, 0) is 12.1 Å². The lowest BCUT2D eigenvalue weighted by molar-refractivity contribution is -0.274. The zero-order valence-electron chi connectivity index (χ0n) is 6.60. The van der Waals surface area contributed by atoms with E-state index < -0.39 is 29.4 Å². The average Bonchev–Trinajstić information content (AvgIpc) is 2.04. The molecule has 0 bridgehead atoms. The molecular formula is C7H5F4NO2. The van der Waals surface area contributed by atoms with Crippen LogP contribution in [0.2, 0.25) is 0 Å². The normalized spacial score (nSPS) is 11.4. The molecule has 0 saturated heterocycles. The number of anilines is 1. The molecule has 0 amide bonds. The van der Waals surface area contributed by atoms with Gasteiger partial charge >= 0.3 is 6.36 Å². The molecule has 1 rings (SSSR count). The summed E-state index contributed by atoms with van der Waals surface area (Å²) in [5.41, 5.74) is 4.04. The molecule has 78 valence electrons. The van der Waals surface area contributed by atoms with E-state index in [1.807, 2.05) is 0 Å². The maximum absolute atomic E-state index is 12.7. The first-order chi connectivity index (χ1) is 6.31. The molecular weight excluding hydrogens is 206 g/mol. The predicted octanol–water partition coefficient (Wildman–Crippen LogP) is 2.01. The third kappa shape index (κ3) is 2.18. The van der Waals surface area contributed by atoms with Crippen LogP contribution in [0.4, 0.5) is 23.2 Å². The van der Waals surface area contributed by atoms with Crippen molar-refractivity contribution in [3.8, 4) is 11.5 Å². The highest BCUT2D eigenvalue weighted by atomic mass is 19.4. The summed E-state index contributed by atoms with van der Waals surface area (Å²) in [4.78, 5) is 0. The molecule has 0 atom stereocenters. The highest BCUT2D eigenvalue weighted by molar-refractivity contribution is 5.57. The molecule has 0 unspecified atom stereocenters. The number of rotatable bonds is 1. The van der Waals surface area contributed by atoms with Crippen LogP contribution in [0.1, 0.15) is 0 Å². The van der Waals surface area contributed by atoms with Gasteiger partial charge in [-0.1, -0.05) is 0 Å². The second-order valence-electron chi connectivity index (χ2n) is 2.36. The van der Waals surface area contributed by atoms with Gasteiger partial charge in [-0.3, -0.25) is 0 Å². The van der Waals surface area contributed by atoms with E-state index in [0.717, 1.165) is 6.07 Å². The minimum absolute atomic E-state index is 0.715. The van der Waals surface area contributed by atoms with Crippen LogP contribution < -0.4 is 10.5 Å². The van der Waals surface area contributed by atoms with E-state index in [-0.39, 0.29) is 0 Å². The summed E-state index contributed by atoms with van der Waals surface area (Å²) >= 11 is 0. The number of ether oxygens (including phenoxy) is 1. The fraction of sp³-hybridized carbons (Fsp3) is 0.143. The minimum Gasteiger partial charge on any atom is -0.505 e. The van der Waals surface area contributed by atoms with Gasteiger partial charge in [-0.15, -0.1) is 13.2 Å². The summed E-state index contributed by atoms with van der Waals surface area (Å²) in [7, 11) is 0. The van der Waals surface area contributed by atoms with Crippen LogP contribution in [-0.4, -0.2) is 11.5 Å². The first-order valence-corrected chi connectivity index (χ1v) is 3.34. The van der Waals surface area contributed by atoms with Crippen molar-refractivity contribution in [2.75, 3.05) is 5.73 Å². The number of halogens is 4. The molecule has 0 spiro atoms. The topological polar surface area (TPSA) is 55.5 Å². The number of phenols is 1. The smallest absolute Gasteiger partial charge is 0.505 e.